The van der Waals surface area contributed by atoms with Gasteiger partial charge in [-0.2, -0.15) is 0 Å². The standard InChI is InChI=1S/C16H18Cl2O2/c17-12-3-4-14(18)13(9-12)15(19)11-5-8-20-16(10-11)6-1-2-7-16/h3-4,9,11H,1-2,5-8,10H2. The number of carbonyl (C=O) groups excluding carboxylic acids is 1. The first-order valence-corrected chi connectivity index (χ1v) is 7.98. The van der Waals surface area contributed by atoms with Gasteiger partial charge in [0.1, 0.15) is 0 Å². The fourth-order valence-corrected chi connectivity index (χ4v) is 3.91. The number of ether oxygens (including phenoxy) is 1. The number of benzene rings is 1. The van der Waals surface area contributed by atoms with E-state index in [9.17, 15) is 4.79 Å². The lowest BCUT2D eigenvalue weighted by molar-refractivity contribution is -0.0866. The topological polar surface area (TPSA) is 26.3 Å². The Bertz CT molecular complexity index is 521. The van der Waals surface area contributed by atoms with E-state index in [2.05, 4.69) is 0 Å². The molecule has 0 N–H and O–H groups in total. The van der Waals surface area contributed by atoms with E-state index in [0.717, 1.165) is 25.7 Å². The zero-order valence-corrected chi connectivity index (χ0v) is 12.8. The number of halogens is 2. The van der Waals surface area contributed by atoms with Crippen molar-refractivity contribution >= 4 is 29.0 Å². The second-order valence-electron chi connectivity index (χ2n) is 5.92. The summed E-state index contributed by atoms with van der Waals surface area (Å²) in [7, 11) is 0. The number of Topliss-reactive ketones (excluding diaryl/α,β-unsaturated/α-hetero) is 1. The Morgan fingerprint density at radius 1 is 1.25 bits per heavy atom. The summed E-state index contributed by atoms with van der Waals surface area (Å²) in [5, 5.41) is 1.05. The van der Waals surface area contributed by atoms with E-state index in [0.29, 0.717) is 22.2 Å². The second-order valence-corrected chi connectivity index (χ2v) is 6.76. The Morgan fingerprint density at radius 2 is 2.00 bits per heavy atom. The molecule has 1 aromatic carbocycles. The molecule has 2 fully saturated rings. The van der Waals surface area contributed by atoms with Gasteiger partial charge in [-0.3, -0.25) is 4.79 Å². The van der Waals surface area contributed by atoms with Gasteiger partial charge in [-0.25, -0.2) is 0 Å². The van der Waals surface area contributed by atoms with Gasteiger partial charge in [-0.1, -0.05) is 36.0 Å². The molecule has 1 heterocycles. The molecule has 0 amide bonds. The van der Waals surface area contributed by atoms with E-state index >= 15 is 0 Å². The largest absolute Gasteiger partial charge is 0.375 e. The lowest BCUT2D eigenvalue weighted by Crippen LogP contribution is -2.39. The van der Waals surface area contributed by atoms with Gasteiger partial charge in [-0.05, 0) is 43.9 Å². The maximum Gasteiger partial charge on any atom is 0.167 e. The van der Waals surface area contributed by atoms with Crippen molar-refractivity contribution in [1.82, 2.24) is 0 Å². The third-order valence-corrected chi connectivity index (χ3v) is 5.14. The fraction of sp³-hybridized carbons (Fsp3) is 0.562. The molecule has 1 aromatic rings. The molecule has 0 bridgehead atoms. The van der Waals surface area contributed by atoms with Crippen molar-refractivity contribution in [1.29, 1.82) is 0 Å². The summed E-state index contributed by atoms with van der Waals surface area (Å²) in [4.78, 5) is 12.7. The average Bonchev–Trinajstić information content (AvgIpc) is 2.88. The molecule has 2 aliphatic rings. The number of hydrogen-bond donors (Lipinski definition) is 0. The Labute approximate surface area is 129 Å². The van der Waals surface area contributed by atoms with Gasteiger partial charge in [0.05, 0.1) is 10.6 Å². The Balaban J connectivity index is 1.81. The number of rotatable bonds is 2. The molecule has 20 heavy (non-hydrogen) atoms. The van der Waals surface area contributed by atoms with Crippen molar-refractivity contribution in [2.45, 2.75) is 44.1 Å². The third-order valence-electron chi connectivity index (χ3n) is 4.57. The lowest BCUT2D eigenvalue weighted by Gasteiger charge is -2.37. The maximum absolute atomic E-state index is 12.7. The third kappa shape index (κ3) is 2.74. The molecule has 1 atom stereocenters. The normalized spacial score (nSPS) is 25.0. The molecule has 108 valence electrons. The SMILES string of the molecule is O=C(c1cc(Cl)ccc1Cl)C1CCOC2(CCCC2)C1. The van der Waals surface area contributed by atoms with Crippen LogP contribution in [-0.2, 0) is 4.74 Å². The van der Waals surface area contributed by atoms with Gasteiger partial charge >= 0.3 is 0 Å². The molecule has 1 aliphatic heterocycles. The van der Waals surface area contributed by atoms with Crippen LogP contribution in [-0.4, -0.2) is 18.0 Å². The fourth-order valence-electron chi connectivity index (χ4n) is 3.53. The minimum Gasteiger partial charge on any atom is -0.375 e. The van der Waals surface area contributed by atoms with Crippen LogP contribution in [0.4, 0.5) is 0 Å². The Hall–Kier alpha value is -0.570. The molecule has 4 heteroatoms. The van der Waals surface area contributed by atoms with Crippen LogP contribution in [0.1, 0.15) is 48.9 Å². The number of hydrogen-bond acceptors (Lipinski definition) is 2. The van der Waals surface area contributed by atoms with Gasteiger partial charge < -0.3 is 4.74 Å². The van der Waals surface area contributed by atoms with Gasteiger partial charge in [0.15, 0.2) is 5.78 Å². The van der Waals surface area contributed by atoms with Crippen LogP contribution < -0.4 is 0 Å². The van der Waals surface area contributed by atoms with Crippen LogP contribution in [0, 0.1) is 5.92 Å². The minimum absolute atomic E-state index is 0.0119. The first-order valence-electron chi connectivity index (χ1n) is 7.23. The highest BCUT2D eigenvalue weighted by Crippen LogP contribution is 2.43. The average molecular weight is 313 g/mol. The van der Waals surface area contributed by atoms with E-state index in [1.165, 1.54) is 12.8 Å². The van der Waals surface area contributed by atoms with E-state index in [-0.39, 0.29) is 17.3 Å². The molecule has 0 aromatic heterocycles. The van der Waals surface area contributed by atoms with Crippen LogP contribution in [0.2, 0.25) is 10.0 Å². The summed E-state index contributed by atoms with van der Waals surface area (Å²) < 4.78 is 5.99. The van der Waals surface area contributed by atoms with Gasteiger partial charge in [0.2, 0.25) is 0 Å². The van der Waals surface area contributed by atoms with Crippen LogP contribution in [0.15, 0.2) is 18.2 Å². The Kier molecular flexibility index (Phi) is 4.07. The summed E-state index contributed by atoms with van der Waals surface area (Å²) in [5.74, 6) is 0.130. The van der Waals surface area contributed by atoms with E-state index in [1.807, 2.05) is 0 Å². The van der Waals surface area contributed by atoms with Crippen molar-refractivity contribution in [3.05, 3.63) is 33.8 Å². The van der Waals surface area contributed by atoms with Crippen LogP contribution >= 0.6 is 23.2 Å². The maximum atomic E-state index is 12.7. The number of ketones is 1. The number of carbonyl (C=O) groups is 1. The molecule has 1 saturated carbocycles. The highest BCUT2D eigenvalue weighted by molar-refractivity contribution is 6.36. The van der Waals surface area contributed by atoms with Crippen molar-refractivity contribution in [3.8, 4) is 0 Å². The zero-order valence-electron chi connectivity index (χ0n) is 11.3. The van der Waals surface area contributed by atoms with E-state index in [4.69, 9.17) is 27.9 Å². The molecule has 1 spiro atoms. The van der Waals surface area contributed by atoms with Gasteiger partial charge in [0.25, 0.3) is 0 Å². The first kappa shape index (κ1) is 14.4. The van der Waals surface area contributed by atoms with Gasteiger partial charge in [-0.15, -0.1) is 0 Å². The van der Waals surface area contributed by atoms with E-state index in [1.54, 1.807) is 18.2 Å². The smallest absolute Gasteiger partial charge is 0.167 e. The summed E-state index contributed by atoms with van der Waals surface area (Å²) in [5.41, 5.74) is 0.503. The summed E-state index contributed by atoms with van der Waals surface area (Å²) in [6.07, 6.45) is 6.19. The van der Waals surface area contributed by atoms with Crippen LogP contribution in [0.3, 0.4) is 0 Å². The zero-order chi connectivity index (χ0) is 14.2. The molecular weight excluding hydrogens is 295 g/mol. The lowest BCUT2D eigenvalue weighted by atomic mass is 9.80. The highest BCUT2D eigenvalue weighted by atomic mass is 35.5. The van der Waals surface area contributed by atoms with Crippen molar-refractivity contribution < 1.29 is 9.53 Å². The van der Waals surface area contributed by atoms with E-state index < -0.39 is 0 Å². The monoisotopic (exact) mass is 312 g/mol. The highest BCUT2D eigenvalue weighted by Gasteiger charge is 2.42. The summed E-state index contributed by atoms with van der Waals surface area (Å²) in [6, 6.07) is 5.09. The van der Waals surface area contributed by atoms with Crippen molar-refractivity contribution in [3.63, 3.8) is 0 Å². The molecule has 2 nitrogen and oxygen atoms in total. The van der Waals surface area contributed by atoms with Gasteiger partial charge in [0, 0.05) is 23.1 Å². The molecule has 0 radical (unpaired) electrons. The van der Waals surface area contributed by atoms with Crippen LogP contribution in [0.25, 0.3) is 0 Å². The molecule has 3 rings (SSSR count). The Morgan fingerprint density at radius 3 is 2.75 bits per heavy atom. The van der Waals surface area contributed by atoms with Crippen molar-refractivity contribution in [2.24, 2.45) is 5.92 Å². The second kappa shape index (κ2) is 5.67. The molecule has 1 aliphatic carbocycles. The molecule has 1 saturated heterocycles. The van der Waals surface area contributed by atoms with Crippen LogP contribution in [0.5, 0.6) is 0 Å². The summed E-state index contributed by atoms with van der Waals surface area (Å²) >= 11 is 12.1. The summed E-state index contributed by atoms with van der Waals surface area (Å²) in [6.45, 7) is 0.675. The minimum atomic E-state index is -0.0520. The molecular formula is C16H18Cl2O2. The predicted molar refractivity (Wildman–Crippen MR) is 80.7 cm³/mol. The quantitative estimate of drug-likeness (QED) is 0.725. The predicted octanol–water partition coefficient (Wildman–Crippen LogP) is 4.92. The first-order chi connectivity index (χ1) is 9.60. The van der Waals surface area contributed by atoms with Crippen molar-refractivity contribution in [2.75, 3.05) is 6.61 Å². The molecule has 1 unspecified atom stereocenters.